The average Bonchev–Trinajstić information content (AvgIpc) is 2.96. The summed E-state index contributed by atoms with van der Waals surface area (Å²) < 4.78 is 10.4. The van der Waals surface area contributed by atoms with E-state index in [-0.39, 0.29) is 6.10 Å². The smallest absolute Gasteiger partial charge is 0.321 e. The molecule has 1 saturated carbocycles. The topological polar surface area (TPSA) is 60.2 Å². The van der Waals surface area contributed by atoms with Crippen LogP contribution in [0.15, 0.2) is 4.52 Å². The monoisotopic (exact) mass is 211 g/mol. The second kappa shape index (κ2) is 4.61. The molecule has 2 rings (SSSR count). The van der Waals surface area contributed by atoms with Gasteiger partial charge in [-0.15, -0.1) is 0 Å². The van der Waals surface area contributed by atoms with E-state index in [0.29, 0.717) is 17.8 Å². The van der Waals surface area contributed by atoms with Gasteiger partial charge in [0.2, 0.25) is 5.82 Å². The predicted molar refractivity (Wildman–Crippen MR) is 55.6 cm³/mol. The highest BCUT2D eigenvalue weighted by Gasteiger charge is 2.35. The molecule has 0 amide bonds. The van der Waals surface area contributed by atoms with Crippen LogP contribution < -0.4 is 5.32 Å². The average molecular weight is 211 g/mol. The Balaban J connectivity index is 1.98. The van der Waals surface area contributed by atoms with Crippen LogP contribution in [0.25, 0.3) is 0 Å². The maximum atomic E-state index is 5.37. The molecule has 84 valence electrons. The van der Waals surface area contributed by atoms with Crippen LogP contribution >= 0.6 is 0 Å². The highest BCUT2D eigenvalue weighted by molar-refractivity contribution is 5.18. The first-order valence-electron chi connectivity index (χ1n) is 5.45. The normalized spacial score (nSPS) is 17.7. The molecule has 1 atom stereocenters. The van der Waals surface area contributed by atoms with Crippen molar-refractivity contribution in [2.75, 3.05) is 19.0 Å². The Hall–Kier alpha value is -1.10. The molecule has 1 heterocycles. The molecule has 1 aromatic heterocycles. The van der Waals surface area contributed by atoms with Crippen molar-refractivity contribution < 1.29 is 9.26 Å². The van der Waals surface area contributed by atoms with Gasteiger partial charge in [0.1, 0.15) is 6.10 Å². The zero-order valence-corrected chi connectivity index (χ0v) is 9.19. The third-order valence-electron chi connectivity index (χ3n) is 2.53. The van der Waals surface area contributed by atoms with Crippen molar-refractivity contribution in [1.82, 2.24) is 10.1 Å². The van der Waals surface area contributed by atoms with Crippen molar-refractivity contribution in [1.29, 1.82) is 0 Å². The zero-order chi connectivity index (χ0) is 10.7. The van der Waals surface area contributed by atoms with Crippen LogP contribution in [0.2, 0.25) is 0 Å². The summed E-state index contributed by atoms with van der Waals surface area (Å²) in [6, 6.07) is 0.495. The van der Waals surface area contributed by atoms with Gasteiger partial charge in [-0.2, -0.15) is 4.98 Å². The van der Waals surface area contributed by atoms with E-state index >= 15 is 0 Å². The number of rotatable bonds is 6. The van der Waals surface area contributed by atoms with Crippen LogP contribution in [0, 0.1) is 5.92 Å². The molecule has 1 N–H and O–H groups in total. The van der Waals surface area contributed by atoms with Crippen molar-refractivity contribution in [3.05, 3.63) is 5.82 Å². The number of hydrogen-bond acceptors (Lipinski definition) is 5. The van der Waals surface area contributed by atoms with E-state index in [2.05, 4.69) is 22.4 Å². The fraction of sp³-hybridized carbons (Fsp3) is 0.800. The molecule has 0 aromatic carbocycles. The Morgan fingerprint density at radius 2 is 2.40 bits per heavy atom. The SMILES string of the molecule is CCCNc1nc(C(OC)C2CC2)no1. The summed E-state index contributed by atoms with van der Waals surface area (Å²) in [6.45, 7) is 2.94. The minimum atomic E-state index is 0.00549. The lowest BCUT2D eigenvalue weighted by Gasteiger charge is -2.07. The highest BCUT2D eigenvalue weighted by atomic mass is 16.5. The molecule has 0 saturated heterocycles. The number of nitrogens with zero attached hydrogens (tertiary/aromatic N) is 2. The number of nitrogens with one attached hydrogen (secondary N) is 1. The summed E-state index contributed by atoms with van der Waals surface area (Å²) in [5.74, 6) is 1.24. The Morgan fingerprint density at radius 1 is 1.60 bits per heavy atom. The zero-order valence-electron chi connectivity index (χ0n) is 9.19. The minimum absolute atomic E-state index is 0.00549. The largest absolute Gasteiger partial charge is 0.373 e. The van der Waals surface area contributed by atoms with E-state index < -0.39 is 0 Å². The molecule has 5 heteroatoms. The van der Waals surface area contributed by atoms with E-state index in [1.807, 2.05) is 0 Å². The molecular weight excluding hydrogens is 194 g/mol. The summed E-state index contributed by atoms with van der Waals surface area (Å²) in [6.07, 6.45) is 3.44. The number of ether oxygens (including phenoxy) is 1. The fourth-order valence-electron chi connectivity index (χ4n) is 1.56. The van der Waals surface area contributed by atoms with Crippen molar-refractivity contribution in [2.45, 2.75) is 32.3 Å². The third-order valence-corrected chi connectivity index (χ3v) is 2.53. The van der Waals surface area contributed by atoms with Crippen LogP contribution in [0.4, 0.5) is 6.01 Å². The third kappa shape index (κ3) is 2.47. The molecule has 0 spiro atoms. The Morgan fingerprint density at radius 3 is 3.00 bits per heavy atom. The Bertz CT molecular complexity index is 309. The van der Waals surface area contributed by atoms with Crippen LogP contribution in [0.5, 0.6) is 0 Å². The Labute approximate surface area is 89.2 Å². The van der Waals surface area contributed by atoms with Gasteiger partial charge in [0.25, 0.3) is 0 Å². The van der Waals surface area contributed by atoms with Gasteiger partial charge < -0.3 is 14.6 Å². The van der Waals surface area contributed by atoms with Crippen molar-refractivity contribution >= 4 is 6.01 Å². The summed E-state index contributed by atoms with van der Waals surface area (Å²) in [5.41, 5.74) is 0. The molecule has 1 aliphatic rings. The highest BCUT2D eigenvalue weighted by Crippen LogP contribution is 2.42. The van der Waals surface area contributed by atoms with Gasteiger partial charge in [-0.1, -0.05) is 12.1 Å². The molecule has 1 aliphatic carbocycles. The second-order valence-electron chi connectivity index (χ2n) is 3.88. The number of methoxy groups -OCH3 is 1. The maximum Gasteiger partial charge on any atom is 0.321 e. The number of aromatic nitrogens is 2. The van der Waals surface area contributed by atoms with Crippen molar-refractivity contribution in [2.24, 2.45) is 5.92 Å². The standard InChI is InChI=1S/C10H17N3O2/c1-3-6-11-10-12-9(13-15-10)8(14-2)7-4-5-7/h7-8H,3-6H2,1-2H3,(H,11,12,13). The van der Waals surface area contributed by atoms with Crippen LogP contribution in [-0.4, -0.2) is 23.8 Å². The number of anilines is 1. The summed E-state index contributed by atoms with van der Waals surface area (Å²) in [5, 5.41) is 6.99. The van der Waals surface area contributed by atoms with Gasteiger partial charge in [-0.05, 0) is 25.2 Å². The lowest BCUT2D eigenvalue weighted by atomic mass is 10.2. The Kier molecular flexibility index (Phi) is 3.20. The molecule has 0 radical (unpaired) electrons. The van der Waals surface area contributed by atoms with Gasteiger partial charge in [0.15, 0.2) is 0 Å². The van der Waals surface area contributed by atoms with E-state index in [0.717, 1.165) is 13.0 Å². The van der Waals surface area contributed by atoms with E-state index in [1.165, 1.54) is 12.8 Å². The quantitative estimate of drug-likeness (QED) is 0.779. The van der Waals surface area contributed by atoms with Gasteiger partial charge >= 0.3 is 6.01 Å². The first-order valence-corrected chi connectivity index (χ1v) is 5.45. The minimum Gasteiger partial charge on any atom is -0.373 e. The van der Waals surface area contributed by atoms with Crippen LogP contribution in [-0.2, 0) is 4.74 Å². The van der Waals surface area contributed by atoms with E-state index in [1.54, 1.807) is 7.11 Å². The molecule has 0 bridgehead atoms. The van der Waals surface area contributed by atoms with Gasteiger partial charge in [0, 0.05) is 13.7 Å². The van der Waals surface area contributed by atoms with Gasteiger partial charge in [-0.25, -0.2) is 0 Å². The number of hydrogen-bond donors (Lipinski definition) is 1. The summed E-state index contributed by atoms with van der Waals surface area (Å²) >= 11 is 0. The van der Waals surface area contributed by atoms with Gasteiger partial charge in [-0.3, -0.25) is 0 Å². The first kappa shape index (κ1) is 10.4. The van der Waals surface area contributed by atoms with E-state index in [4.69, 9.17) is 9.26 Å². The summed E-state index contributed by atoms with van der Waals surface area (Å²) in [4.78, 5) is 4.27. The molecule has 15 heavy (non-hydrogen) atoms. The fourth-order valence-corrected chi connectivity index (χ4v) is 1.56. The second-order valence-corrected chi connectivity index (χ2v) is 3.88. The lowest BCUT2D eigenvalue weighted by Crippen LogP contribution is -2.06. The van der Waals surface area contributed by atoms with Crippen LogP contribution in [0.1, 0.15) is 38.1 Å². The maximum absolute atomic E-state index is 5.37. The lowest BCUT2D eigenvalue weighted by molar-refractivity contribution is 0.0751. The van der Waals surface area contributed by atoms with Crippen molar-refractivity contribution in [3.8, 4) is 0 Å². The van der Waals surface area contributed by atoms with Crippen molar-refractivity contribution in [3.63, 3.8) is 0 Å². The predicted octanol–water partition coefficient (Wildman–Crippen LogP) is 1.99. The molecule has 5 nitrogen and oxygen atoms in total. The van der Waals surface area contributed by atoms with E-state index in [9.17, 15) is 0 Å². The van der Waals surface area contributed by atoms with Gasteiger partial charge in [0.05, 0.1) is 0 Å². The molecule has 1 aromatic rings. The molecule has 1 unspecified atom stereocenters. The molecule has 1 fully saturated rings. The molecule has 0 aliphatic heterocycles. The first-order chi connectivity index (χ1) is 7.35. The summed E-state index contributed by atoms with van der Waals surface area (Å²) in [7, 11) is 1.69. The molecular formula is C10H17N3O2. The van der Waals surface area contributed by atoms with Crippen LogP contribution in [0.3, 0.4) is 0 Å².